The largest absolute Gasteiger partial charge is 0.420 e. The number of hydrogen-bond acceptors (Lipinski definition) is 7. The number of rotatable bonds is 8. The standard InChI is InChI=1S/C22H27FN6O4/c1-14(32-2)33-22(31)28-11-8-15(9-12-28)19(7-10-24)29-13-18(20(25)30)21(27-29)26-17-5-3-16(23)4-6-17/h3-6,13-15,19H,7-9,11-12H2,1-2H3,(H2,25,30)(H,26,27)/t14?,19-/m0/s1. The third-order valence-corrected chi connectivity index (χ3v) is 5.69. The number of amides is 2. The quantitative estimate of drug-likeness (QED) is 0.580. The van der Waals surface area contributed by atoms with Crippen LogP contribution in [0.4, 0.5) is 20.7 Å². The minimum absolute atomic E-state index is 0.0489. The van der Waals surface area contributed by atoms with Gasteiger partial charge in [0.1, 0.15) is 11.4 Å². The van der Waals surface area contributed by atoms with Crippen molar-refractivity contribution in [3.63, 3.8) is 0 Å². The molecule has 1 unspecified atom stereocenters. The molecule has 0 bridgehead atoms. The smallest absolute Gasteiger partial charge is 0.412 e. The number of benzene rings is 1. The average Bonchev–Trinajstić information content (AvgIpc) is 3.22. The second-order valence-corrected chi connectivity index (χ2v) is 7.81. The van der Waals surface area contributed by atoms with Crippen LogP contribution in [0.1, 0.15) is 42.6 Å². The number of primary amides is 1. The van der Waals surface area contributed by atoms with E-state index in [1.165, 1.54) is 37.6 Å². The van der Waals surface area contributed by atoms with Crippen LogP contribution in [-0.2, 0) is 9.47 Å². The van der Waals surface area contributed by atoms with Gasteiger partial charge in [0.05, 0.1) is 18.5 Å². The molecule has 1 fully saturated rings. The van der Waals surface area contributed by atoms with Crippen molar-refractivity contribution >= 4 is 23.5 Å². The number of nitrogens with zero attached hydrogens (tertiary/aromatic N) is 4. The monoisotopic (exact) mass is 458 g/mol. The molecule has 3 rings (SSSR count). The third-order valence-electron chi connectivity index (χ3n) is 5.69. The highest BCUT2D eigenvalue weighted by molar-refractivity contribution is 5.98. The van der Waals surface area contributed by atoms with Crippen LogP contribution in [-0.4, -0.2) is 53.2 Å². The van der Waals surface area contributed by atoms with E-state index in [0.717, 1.165) is 0 Å². The first-order chi connectivity index (χ1) is 15.8. The molecule has 10 nitrogen and oxygen atoms in total. The second-order valence-electron chi connectivity index (χ2n) is 7.81. The summed E-state index contributed by atoms with van der Waals surface area (Å²) in [7, 11) is 1.46. The molecule has 0 saturated carbocycles. The maximum absolute atomic E-state index is 13.2. The number of likely N-dealkylation sites (tertiary alicyclic amines) is 1. The number of halogens is 1. The maximum Gasteiger partial charge on any atom is 0.412 e. The molecule has 1 aliphatic heterocycles. The van der Waals surface area contributed by atoms with E-state index in [1.807, 2.05) is 0 Å². The zero-order valence-corrected chi connectivity index (χ0v) is 18.5. The first-order valence-corrected chi connectivity index (χ1v) is 10.6. The lowest BCUT2D eigenvalue weighted by molar-refractivity contribution is -0.0799. The summed E-state index contributed by atoms with van der Waals surface area (Å²) in [5.74, 6) is -0.784. The lowest BCUT2D eigenvalue weighted by atomic mass is 9.88. The van der Waals surface area contributed by atoms with Gasteiger partial charge >= 0.3 is 6.09 Å². The molecule has 2 heterocycles. The fourth-order valence-corrected chi connectivity index (χ4v) is 3.81. The topological polar surface area (TPSA) is 136 Å². The number of nitrogens with one attached hydrogen (secondary N) is 1. The highest BCUT2D eigenvalue weighted by Gasteiger charge is 2.32. The number of piperidine rings is 1. The number of carbonyl (C=O) groups is 2. The van der Waals surface area contributed by atoms with Crippen LogP contribution in [0.2, 0.25) is 0 Å². The van der Waals surface area contributed by atoms with E-state index >= 15 is 0 Å². The predicted octanol–water partition coefficient (Wildman–Crippen LogP) is 3.16. The maximum atomic E-state index is 13.2. The van der Waals surface area contributed by atoms with Gasteiger partial charge in [0.2, 0.25) is 6.29 Å². The number of aromatic nitrogens is 2. The van der Waals surface area contributed by atoms with Crippen LogP contribution in [0, 0.1) is 23.1 Å². The number of ether oxygens (including phenoxy) is 2. The van der Waals surface area contributed by atoms with Gasteiger partial charge in [-0.3, -0.25) is 9.48 Å². The number of anilines is 2. The molecular weight excluding hydrogens is 431 g/mol. The van der Waals surface area contributed by atoms with Crippen molar-refractivity contribution in [1.29, 1.82) is 5.26 Å². The predicted molar refractivity (Wildman–Crippen MR) is 117 cm³/mol. The van der Waals surface area contributed by atoms with Gasteiger partial charge < -0.3 is 25.4 Å². The Morgan fingerprint density at radius 1 is 1.33 bits per heavy atom. The molecule has 176 valence electrons. The zero-order valence-electron chi connectivity index (χ0n) is 18.5. The third kappa shape index (κ3) is 5.98. The Labute approximate surface area is 191 Å². The van der Waals surface area contributed by atoms with Crippen molar-refractivity contribution in [1.82, 2.24) is 14.7 Å². The Balaban J connectivity index is 1.75. The second kappa shape index (κ2) is 10.8. The summed E-state index contributed by atoms with van der Waals surface area (Å²) in [6, 6.07) is 7.48. The zero-order chi connectivity index (χ0) is 24.0. The van der Waals surface area contributed by atoms with Crippen molar-refractivity contribution < 1.29 is 23.5 Å². The lowest BCUT2D eigenvalue weighted by Crippen LogP contribution is -2.41. The summed E-state index contributed by atoms with van der Waals surface area (Å²) >= 11 is 0. The average molecular weight is 458 g/mol. The highest BCUT2D eigenvalue weighted by atomic mass is 19.1. The highest BCUT2D eigenvalue weighted by Crippen LogP contribution is 2.33. The van der Waals surface area contributed by atoms with Gasteiger partial charge in [0, 0.05) is 32.1 Å². The number of carbonyl (C=O) groups excluding carboxylic acids is 2. The number of methoxy groups -OCH3 is 1. The van der Waals surface area contributed by atoms with Crippen LogP contribution in [0.3, 0.4) is 0 Å². The van der Waals surface area contributed by atoms with Crippen molar-refractivity contribution in [2.24, 2.45) is 11.7 Å². The molecule has 1 aromatic carbocycles. The Hall–Kier alpha value is -3.65. The number of nitrogens with two attached hydrogens (primary N) is 1. The minimum Gasteiger partial charge on any atom is -0.420 e. The van der Waals surface area contributed by atoms with Crippen LogP contribution in [0.25, 0.3) is 0 Å². The summed E-state index contributed by atoms with van der Waals surface area (Å²) < 4.78 is 24.9. The molecule has 0 radical (unpaired) electrons. The first-order valence-electron chi connectivity index (χ1n) is 10.6. The normalized spacial score (nSPS) is 16.0. The summed E-state index contributed by atoms with van der Waals surface area (Å²) in [5, 5.41) is 16.9. The molecule has 1 aromatic heterocycles. The van der Waals surface area contributed by atoms with E-state index in [9.17, 15) is 19.2 Å². The van der Waals surface area contributed by atoms with Gasteiger partial charge in [-0.05, 0) is 49.9 Å². The van der Waals surface area contributed by atoms with Crippen molar-refractivity contribution in [2.45, 2.75) is 38.5 Å². The van der Waals surface area contributed by atoms with Gasteiger partial charge in [-0.1, -0.05) is 0 Å². The van der Waals surface area contributed by atoms with Gasteiger partial charge in [0.15, 0.2) is 5.82 Å². The van der Waals surface area contributed by atoms with E-state index in [1.54, 1.807) is 16.5 Å². The summed E-state index contributed by atoms with van der Waals surface area (Å²) in [4.78, 5) is 25.8. The number of hydrogen-bond donors (Lipinski definition) is 2. The fourth-order valence-electron chi connectivity index (χ4n) is 3.81. The van der Waals surface area contributed by atoms with Gasteiger partial charge in [-0.2, -0.15) is 10.4 Å². The van der Waals surface area contributed by atoms with Gasteiger partial charge in [0.25, 0.3) is 5.91 Å². The molecule has 2 amide bonds. The first kappa shape index (κ1) is 24.0. The Morgan fingerprint density at radius 3 is 2.58 bits per heavy atom. The van der Waals surface area contributed by atoms with Crippen LogP contribution in [0.15, 0.2) is 30.5 Å². The molecular formula is C22H27FN6O4. The van der Waals surface area contributed by atoms with Crippen LogP contribution >= 0.6 is 0 Å². The molecule has 1 aliphatic rings. The van der Waals surface area contributed by atoms with Crippen LogP contribution < -0.4 is 11.1 Å². The summed E-state index contributed by atoms with van der Waals surface area (Å²) in [6.45, 7) is 2.57. The Kier molecular flexibility index (Phi) is 7.84. The molecule has 33 heavy (non-hydrogen) atoms. The van der Waals surface area contributed by atoms with Crippen LogP contribution in [0.5, 0.6) is 0 Å². The van der Waals surface area contributed by atoms with E-state index < -0.39 is 18.3 Å². The Morgan fingerprint density at radius 2 is 2.00 bits per heavy atom. The SMILES string of the molecule is COC(C)OC(=O)N1CCC([C@H](CC#N)n2cc(C(N)=O)c(Nc3ccc(F)cc3)n2)CC1. The van der Waals surface area contributed by atoms with Gasteiger partial charge in [-0.15, -0.1) is 0 Å². The minimum atomic E-state index is -0.675. The van der Waals surface area contributed by atoms with Crippen molar-refractivity contribution in [2.75, 3.05) is 25.5 Å². The van der Waals surface area contributed by atoms with E-state index in [-0.39, 0.29) is 35.6 Å². The molecule has 3 N–H and O–H groups in total. The summed E-state index contributed by atoms with van der Waals surface area (Å²) in [6.07, 6.45) is 1.89. The molecule has 2 aromatic rings. The lowest BCUT2D eigenvalue weighted by Gasteiger charge is -2.35. The molecule has 2 atom stereocenters. The van der Waals surface area contributed by atoms with Crippen molar-refractivity contribution in [3.8, 4) is 6.07 Å². The molecule has 0 spiro atoms. The fraction of sp³-hybridized carbons (Fsp3) is 0.455. The van der Waals surface area contributed by atoms with E-state index in [0.29, 0.717) is 31.6 Å². The van der Waals surface area contributed by atoms with E-state index in [2.05, 4.69) is 16.5 Å². The summed E-state index contributed by atoms with van der Waals surface area (Å²) in [5.41, 5.74) is 6.24. The molecule has 1 saturated heterocycles. The van der Waals surface area contributed by atoms with E-state index in [4.69, 9.17) is 15.2 Å². The Bertz CT molecular complexity index is 1010. The van der Waals surface area contributed by atoms with Crippen molar-refractivity contribution in [3.05, 3.63) is 41.8 Å². The molecule has 11 heteroatoms. The molecule has 0 aliphatic carbocycles. The van der Waals surface area contributed by atoms with Gasteiger partial charge in [-0.25, -0.2) is 9.18 Å². The number of nitriles is 1.